The number of hydrogen-bond donors (Lipinski definition) is 2. The van der Waals surface area contributed by atoms with E-state index in [2.05, 4.69) is 12.1 Å². The van der Waals surface area contributed by atoms with Crippen molar-refractivity contribution >= 4 is 17.1 Å². The Morgan fingerprint density at radius 3 is 1.86 bits per heavy atom. The van der Waals surface area contributed by atoms with Crippen molar-refractivity contribution in [2.45, 2.75) is 26.2 Å². The summed E-state index contributed by atoms with van der Waals surface area (Å²) in [7, 11) is 0. The molecule has 0 aromatic heterocycles. The summed E-state index contributed by atoms with van der Waals surface area (Å²) >= 11 is 0. The summed E-state index contributed by atoms with van der Waals surface area (Å²) in [6.45, 7) is 1.83. The van der Waals surface area contributed by atoms with Crippen LogP contribution in [-0.2, 0) is 4.79 Å². The average Bonchev–Trinajstić information content (AvgIpc) is 3.41. The summed E-state index contributed by atoms with van der Waals surface area (Å²) in [5.41, 5.74) is 6.98. The number of carboxylic acid groups (broad SMARTS) is 1. The van der Waals surface area contributed by atoms with Crippen molar-refractivity contribution in [3.05, 3.63) is 76.9 Å². The van der Waals surface area contributed by atoms with Crippen LogP contribution in [0.15, 0.2) is 60.2 Å². The van der Waals surface area contributed by atoms with E-state index in [1.54, 1.807) is 17.7 Å². The van der Waals surface area contributed by atoms with Crippen LogP contribution < -0.4 is 0 Å². The maximum Gasteiger partial charge on any atom is 0.328 e. The topological polar surface area (TPSA) is 57.5 Å². The number of phenolic OH excluding ortho intramolecular Hbond substituents is 1. The van der Waals surface area contributed by atoms with E-state index in [9.17, 15) is 9.90 Å². The molecular formula is C25H24O3. The molecule has 2 N–H and O–H groups in total. The third-order valence-corrected chi connectivity index (χ3v) is 7.07. The van der Waals surface area contributed by atoms with Gasteiger partial charge < -0.3 is 10.2 Å². The molecule has 0 aliphatic heterocycles. The number of carbonyl (C=O) groups is 1. The van der Waals surface area contributed by atoms with Gasteiger partial charge in [0, 0.05) is 6.08 Å². The Hall–Kier alpha value is -2.81. The van der Waals surface area contributed by atoms with Gasteiger partial charge in [0.25, 0.3) is 0 Å². The molecule has 4 fully saturated rings. The zero-order valence-electron chi connectivity index (χ0n) is 15.9. The van der Waals surface area contributed by atoms with Gasteiger partial charge in [0.2, 0.25) is 0 Å². The lowest BCUT2D eigenvalue weighted by Crippen LogP contribution is -2.06. The highest BCUT2D eigenvalue weighted by atomic mass is 16.4. The zero-order chi connectivity index (χ0) is 19.4. The van der Waals surface area contributed by atoms with Gasteiger partial charge in [-0.05, 0) is 89.8 Å². The molecule has 4 aliphatic carbocycles. The van der Waals surface area contributed by atoms with Crippen molar-refractivity contribution in [1.29, 1.82) is 0 Å². The molecule has 0 saturated heterocycles. The molecule has 4 unspecified atom stereocenters. The van der Waals surface area contributed by atoms with E-state index in [0.717, 1.165) is 28.5 Å². The molecule has 4 aliphatic rings. The summed E-state index contributed by atoms with van der Waals surface area (Å²) in [5.74, 6) is 2.51. The number of carboxylic acids is 1. The van der Waals surface area contributed by atoms with Crippen LogP contribution in [0.25, 0.3) is 11.1 Å². The molecule has 4 saturated carbocycles. The van der Waals surface area contributed by atoms with Gasteiger partial charge in [0.1, 0.15) is 5.75 Å². The zero-order valence-corrected chi connectivity index (χ0v) is 15.9. The second-order valence-corrected chi connectivity index (χ2v) is 8.56. The highest BCUT2D eigenvalue weighted by Crippen LogP contribution is 2.67. The Bertz CT molecular complexity index is 977. The Balaban J connectivity index is 1.61. The molecule has 2 aromatic rings. The molecular weight excluding hydrogens is 348 g/mol. The first-order valence-corrected chi connectivity index (χ1v) is 10.1. The molecule has 0 spiro atoms. The summed E-state index contributed by atoms with van der Waals surface area (Å²) in [4.78, 5) is 11.0. The van der Waals surface area contributed by atoms with E-state index >= 15 is 0 Å². The number of aliphatic carboxylic acids is 1. The predicted octanol–water partition coefficient (Wildman–Crippen LogP) is 5.36. The normalized spacial score (nSPS) is 27.6. The lowest BCUT2D eigenvalue weighted by atomic mass is 9.84. The van der Waals surface area contributed by atoms with Crippen molar-refractivity contribution in [2.24, 2.45) is 23.7 Å². The number of allylic oxidation sites excluding steroid dienone is 2. The number of benzene rings is 2. The van der Waals surface area contributed by atoms with Crippen molar-refractivity contribution in [3.8, 4) is 5.75 Å². The molecule has 0 radical (unpaired) electrons. The van der Waals surface area contributed by atoms with E-state index < -0.39 is 5.97 Å². The van der Waals surface area contributed by atoms with E-state index in [4.69, 9.17) is 5.11 Å². The smallest absolute Gasteiger partial charge is 0.328 e. The molecule has 3 nitrogen and oxygen atoms in total. The van der Waals surface area contributed by atoms with Gasteiger partial charge in [-0.25, -0.2) is 4.79 Å². The highest BCUT2D eigenvalue weighted by molar-refractivity contribution is 5.90. The lowest BCUT2D eigenvalue weighted by Gasteiger charge is -2.20. The third-order valence-electron chi connectivity index (χ3n) is 7.07. The Kier molecular flexibility index (Phi) is 3.94. The molecule has 2 aromatic carbocycles. The van der Waals surface area contributed by atoms with Gasteiger partial charge in [-0.1, -0.05) is 42.0 Å². The molecule has 6 rings (SSSR count). The molecule has 0 heterocycles. The molecule has 4 bridgehead atoms. The van der Waals surface area contributed by atoms with E-state index in [1.807, 2.05) is 31.2 Å². The predicted molar refractivity (Wildman–Crippen MR) is 110 cm³/mol. The minimum absolute atomic E-state index is 0.287. The lowest BCUT2D eigenvalue weighted by molar-refractivity contribution is -0.131. The fourth-order valence-electron chi connectivity index (χ4n) is 5.98. The number of rotatable bonds is 4. The van der Waals surface area contributed by atoms with Gasteiger partial charge in [-0.3, -0.25) is 0 Å². The van der Waals surface area contributed by atoms with Crippen molar-refractivity contribution in [1.82, 2.24) is 0 Å². The Labute approximate surface area is 165 Å². The monoisotopic (exact) mass is 372 g/mol. The average molecular weight is 372 g/mol. The first-order valence-electron chi connectivity index (χ1n) is 10.1. The fraction of sp³-hybridized carbons (Fsp3) is 0.320. The maximum atomic E-state index is 11.0. The van der Waals surface area contributed by atoms with E-state index in [0.29, 0.717) is 11.8 Å². The van der Waals surface area contributed by atoms with Gasteiger partial charge in [0.15, 0.2) is 0 Å². The molecule has 142 valence electrons. The van der Waals surface area contributed by atoms with Crippen LogP contribution >= 0.6 is 0 Å². The summed E-state index contributed by atoms with van der Waals surface area (Å²) in [5, 5.41) is 18.7. The van der Waals surface area contributed by atoms with Crippen LogP contribution in [0.1, 0.15) is 42.9 Å². The van der Waals surface area contributed by atoms with Crippen LogP contribution in [0.4, 0.5) is 0 Å². The van der Waals surface area contributed by atoms with Crippen LogP contribution in [0, 0.1) is 23.7 Å². The highest BCUT2D eigenvalue weighted by Gasteiger charge is 2.57. The fourth-order valence-corrected chi connectivity index (χ4v) is 5.98. The molecule has 28 heavy (non-hydrogen) atoms. The maximum absolute atomic E-state index is 11.0. The van der Waals surface area contributed by atoms with Crippen LogP contribution in [0.2, 0.25) is 0 Å². The molecule has 0 amide bonds. The number of aromatic hydroxyl groups is 1. The Morgan fingerprint density at radius 2 is 1.36 bits per heavy atom. The molecule has 3 heteroatoms. The number of hydrogen-bond acceptors (Lipinski definition) is 2. The van der Waals surface area contributed by atoms with Gasteiger partial charge in [0.05, 0.1) is 0 Å². The van der Waals surface area contributed by atoms with E-state index in [1.165, 1.54) is 36.5 Å². The summed E-state index contributed by atoms with van der Waals surface area (Å²) in [6, 6.07) is 15.8. The quantitative estimate of drug-likeness (QED) is 0.711. The second kappa shape index (κ2) is 6.37. The van der Waals surface area contributed by atoms with Gasteiger partial charge >= 0.3 is 5.97 Å². The minimum Gasteiger partial charge on any atom is -0.508 e. The van der Waals surface area contributed by atoms with E-state index in [-0.39, 0.29) is 5.75 Å². The van der Waals surface area contributed by atoms with Crippen LogP contribution in [-0.4, -0.2) is 16.2 Å². The van der Waals surface area contributed by atoms with Crippen LogP contribution in [0.5, 0.6) is 5.75 Å². The largest absolute Gasteiger partial charge is 0.508 e. The Morgan fingerprint density at radius 1 is 0.857 bits per heavy atom. The van der Waals surface area contributed by atoms with Crippen LogP contribution in [0.3, 0.4) is 0 Å². The van der Waals surface area contributed by atoms with Crippen molar-refractivity contribution in [3.63, 3.8) is 0 Å². The standard InChI is InChI=1S/C25H24O3/c1-14(10-23(27)28)15-2-4-16(5-3-15)24(17-6-8-20(26)9-7-17)25-21-12-18-11-19(21)13-22(18)25/h2-10,18-19,21-22,26H,11-13H2,1H3,(H,27,28)/b14-10+,25-24?. The molecule has 4 atom stereocenters. The minimum atomic E-state index is -0.921. The summed E-state index contributed by atoms with van der Waals surface area (Å²) in [6.07, 6.45) is 5.33. The summed E-state index contributed by atoms with van der Waals surface area (Å²) < 4.78 is 0. The van der Waals surface area contributed by atoms with Crippen molar-refractivity contribution < 1.29 is 15.0 Å². The second-order valence-electron chi connectivity index (χ2n) is 8.56. The third kappa shape index (κ3) is 2.69. The van der Waals surface area contributed by atoms with Gasteiger partial charge in [-0.2, -0.15) is 0 Å². The number of phenols is 1. The SMILES string of the molecule is C/C(=C\C(=O)O)c1ccc(C(=C2C3CC4CC3CC24)c2ccc(O)cc2)cc1. The first kappa shape index (κ1) is 17.3. The first-order chi connectivity index (χ1) is 13.5. The van der Waals surface area contributed by atoms with Gasteiger partial charge in [-0.15, -0.1) is 0 Å². The van der Waals surface area contributed by atoms with Crippen molar-refractivity contribution in [2.75, 3.05) is 0 Å².